The Balaban J connectivity index is 1.90. The predicted molar refractivity (Wildman–Crippen MR) is 68.9 cm³/mol. The molecule has 1 amide bonds. The number of thioether (sulfide) groups is 1. The lowest BCUT2D eigenvalue weighted by Crippen LogP contribution is -2.14. The van der Waals surface area contributed by atoms with Crippen molar-refractivity contribution >= 4 is 23.4 Å². The highest BCUT2D eigenvalue weighted by Gasteiger charge is 2.07. The van der Waals surface area contributed by atoms with Gasteiger partial charge in [0, 0.05) is 29.9 Å². The standard InChI is InChI=1S/C12H11F2N3OS/c1-17-6-11(5-15-17)19-7-12(18)16-10-3-8(13)2-9(14)4-10/h2-6H,7H2,1H3,(H,16,18). The third-order valence-corrected chi connectivity index (χ3v) is 3.15. The lowest BCUT2D eigenvalue weighted by molar-refractivity contribution is -0.113. The van der Waals surface area contributed by atoms with E-state index in [1.165, 1.54) is 11.8 Å². The van der Waals surface area contributed by atoms with Crippen molar-refractivity contribution in [3.8, 4) is 0 Å². The molecule has 4 nitrogen and oxygen atoms in total. The van der Waals surface area contributed by atoms with E-state index < -0.39 is 11.6 Å². The first kappa shape index (κ1) is 13.5. The molecule has 0 saturated heterocycles. The predicted octanol–water partition coefficient (Wildman–Crippen LogP) is 2.43. The Bertz CT molecular complexity index is 580. The third-order valence-electron chi connectivity index (χ3n) is 2.20. The minimum atomic E-state index is -0.727. The molecule has 0 saturated carbocycles. The number of nitrogens with zero attached hydrogens (tertiary/aromatic N) is 2. The molecule has 0 atom stereocenters. The zero-order chi connectivity index (χ0) is 13.8. The average molecular weight is 283 g/mol. The Morgan fingerprint density at radius 2 is 2.05 bits per heavy atom. The van der Waals surface area contributed by atoms with Crippen LogP contribution in [0.25, 0.3) is 0 Å². The normalized spacial score (nSPS) is 10.5. The molecule has 7 heteroatoms. The second kappa shape index (κ2) is 5.83. The van der Waals surface area contributed by atoms with Gasteiger partial charge in [-0.1, -0.05) is 0 Å². The van der Waals surface area contributed by atoms with E-state index in [4.69, 9.17) is 0 Å². The maximum absolute atomic E-state index is 12.9. The van der Waals surface area contributed by atoms with Gasteiger partial charge in [0.05, 0.1) is 11.9 Å². The van der Waals surface area contributed by atoms with E-state index in [1.54, 1.807) is 24.1 Å². The molecule has 2 rings (SSSR count). The van der Waals surface area contributed by atoms with E-state index in [0.29, 0.717) is 0 Å². The number of hydrogen-bond acceptors (Lipinski definition) is 3. The molecule has 100 valence electrons. The zero-order valence-electron chi connectivity index (χ0n) is 10.1. The van der Waals surface area contributed by atoms with E-state index >= 15 is 0 Å². The maximum Gasteiger partial charge on any atom is 0.234 e. The Hall–Kier alpha value is -1.89. The van der Waals surface area contributed by atoms with Crippen LogP contribution in [0.3, 0.4) is 0 Å². The molecule has 0 aliphatic heterocycles. The van der Waals surface area contributed by atoms with E-state index in [2.05, 4.69) is 10.4 Å². The second-order valence-electron chi connectivity index (χ2n) is 3.84. The van der Waals surface area contributed by atoms with Gasteiger partial charge < -0.3 is 5.32 Å². The molecule has 19 heavy (non-hydrogen) atoms. The number of anilines is 1. The summed E-state index contributed by atoms with van der Waals surface area (Å²) in [7, 11) is 1.78. The van der Waals surface area contributed by atoms with Gasteiger partial charge in [0.15, 0.2) is 0 Å². The van der Waals surface area contributed by atoms with Crippen molar-refractivity contribution in [2.75, 3.05) is 11.1 Å². The number of rotatable bonds is 4. The fourth-order valence-corrected chi connectivity index (χ4v) is 2.16. The van der Waals surface area contributed by atoms with Crippen LogP contribution in [0.4, 0.5) is 14.5 Å². The highest BCUT2D eigenvalue weighted by molar-refractivity contribution is 8.00. The topological polar surface area (TPSA) is 46.9 Å². The smallest absolute Gasteiger partial charge is 0.234 e. The van der Waals surface area contributed by atoms with E-state index in [-0.39, 0.29) is 17.3 Å². The number of aromatic nitrogens is 2. The molecule has 0 radical (unpaired) electrons. The summed E-state index contributed by atoms with van der Waals surface area (Å²) in [4.78, 5) is 12.5. The molecule has 1 aromatic carbocycles. The zero-order valence-corrected chi connectivity index (χ0v) is 10.9. The molecule has 1 heterocycles. The number of aryl methyl sites for hydroxylation is 1. The Morgan fingerprint density at radius 1 is 1.37 bits per heavy atom. The van der Waals surface area contributed by atoms with Gasteiger partial charge in [0.2, 0.25) is 5.91 Å². The monoisotopic (exact) mass is 283 g/mol. The molecular formula is C12H11F2N3OS. The van der Waals surface area contributed by atoms with Gasteiger partial charge in [-0.3, -0.25) is 9.48 Å². The number of benzene rings is 1. The quantitative estimate of drug-likeness (QED) is 0.877. The van der Waals surface area contributed by atoms with Crippen LogP contribution in [0.5, 0.6) is 0 Å². The number of carbonyl (C=O) groups excluding carboxylic acids is 1. The lowest BCUT2D eigenvalue weighted by Gasteiger charge is -2.04. The first-order chi connectivity index (χ1) is 9.02. The summed E-state index contributed by atoms with van der Waals surface area (Å²) in [6.07, 6.45) is 3.42. The van der Waals surface area contributed by atoms with Crippen molar-refractivity contribution in [3.63, 3.8) is 0 Å². The Morgan fingerprint density at radius 3 is 2.63 bits per heavy atom. The van der Waals surface area contributed by atoms with Gasteiger partial charge in [-0.05, 0) is 12.1 Å². The molecule has 0 bridgehead atoms. The molecule has 1 N–H and O–H groups in total. The highest BCUT2D eigenvalue weighted by atomic mass is 32.2. The van der Waals surface area contributed by atoms with Crippen LogP contribution in [0.1, 0.15) is 0 Å². The largest absolute Gasteiger partial charge is 0.325 e. The van der Waals surface area contributed by atoms with Gasteiger partial charge in [0.1, 0.15) is 11.6 Å². The summed E-state index contributed by atoms with van der Waals surface area (Å²) in [6.45, 7) is 0. The molecule has 1 aromatic heterocycles. The van der Waals surface area contributed by atoms with Crippen molar-refractivity contribution in [3.05, 3.63) is 42.2 Å². The number of amides is 1. The number of hydrogen-bond donors (Lipinski definition) is 1. The van der Waals surface area contributed by atoms with Crippen LogP contribution in [-0.4, -0.2) is 21.4 Å². The van der Waals surface area contributed by atoms with Crippen LogP contribution >= 0.6 is 11.8 Å². The maximum atomic E-state index is 12.9. The summed E-state index contributed by atoms with van der Waals surface area (Å²) >= 11 is 1.29. The van der Waals surface area contributed by atoms with E-state index in [1.807, 2.05) is 0 Å². The minimum absolute atomic E-state index is 0.106. The molecular weight excluding hydrogens is 272 g/mol. The molecule has 0 fully saturated rings. The van der Waals surface area contributed by atoms with Crippen molar-refractivity contribution in [1.82, 2.24) is 9.78 Å². The van der Waals surface area contributed by atoms with E-state index in [0.717, 1.165) is 23.1 Å². The van der Waals surface area contributed by atoms with Crippen LogP contribution in [0.15, 0.2) is 35.5 Å². The molecule has 0 aliphatic rings. The summed E-state index contributed by atoms with van der Waals surface area (Å²) in [5.74, 6) is -1.65. The molecule has 2 aromatic rings. The van der Waals surface area contributed by atoms with Gasteiger partial charge in [0.25, 0.3) is 0 Å². The molecule has 0 spiro atoms. The van der Waals surface area contributed by atoms with Crippen molar-refractivity contribution in [2.45, 2.75) is 4.90 Å². The Labute approximate surface area is 112 Å². The summed E-state index contributed by atoms with van der Waals surface area (Å²) < 4.78 is 27.5. The Kier molecular flexibility index (Phi) is 4.16. The van der Waals surface area contributed by atoms with Crippen LogP contribution in [-0.2, 0) is 11.8 Å². The number of halogens is 2. The fraction of sp³-hybridized carbons (Fsp3) is 0.167. The highest BCUT2D eigenvalue weighted by Crippen LogP contribution is 2.17. The van der Waals surface area contributed by atoms with Crippen molar-refractivity contribution in [1.29, 1.82) is 0 Å². The van der Waals surface area contributed by atoms with Gasteiger partial charge in [-0.2, -0.15) is 5.10 Å². The number of nitrogens with one attached hydrogen (secondary N) is 1. The van der Waals surface area contributed by atoms with E-state index in [9.17, 15) is 13.6 Å². The third kappa shape index (κ3) is 4.06. The van der Waals surface area contributed by atoms with Gasteiger partial charge >= 0.3 is 0 Å². The van der Waals surface area contributed by atoms with Crippen LogP contribution < -0.4 is 5.32 Å². The van der Waals surface area contributed by atoms with Crippen molar-refractivity contribution in [2.24, 2.45) is 7.05 Å². The average Bonchev–Trinajstić information content (AvgIpc) is 2.71. The summed E-state index contributed by atoms with van der Waals surface area (Å²) in [6, 6.07) is 2.88. The molecule has 0 unspecified atom stereocenters. The first-order valence-corrected chi connectivity index (χ1v) is 6.39. The van der Waals surface area contributed by atoms with Crippen molar-refractivity contribution < 1.29 is 13.6 Å². The van der Waals surface area contributed by atoms with Gasteiger partial charge in [-0.25, -0.2) is 8.78 Å². The minimum Gasteiger partial charge on any atom is -0.325 e. The SMILES string of the molecule is Cn1cc(SCC(=O)Nc2cc(F)cc(F)c2)cn1. The van der Waals surface area contributed by atoms with Gasteiger partial charge in [-0.15, -0.1) is 11.8 Å². The van der Waals surface area contributed by atoms with Crippen LogP contribution in [0, 0.1) is 11.6 Å². The fourth-order valence-electron chi connectivity index (χ4n) is 1.45. The number of carbonyl (C=O) groups is 1. The second-order valence-corrected chi connectivity index (χ2v) is 4.89. The first-order valence-electron chi connectivity index (χ1n) is 5.40. The summed E-state index contributed by atoms with van der Waals surface area (Å²) in [5, 5.41) is 6.40. The molecule has 0 aliphatic carbocycles. The summed E-state index contributed by atoms with van der Waals surface area (Å²) in [5.41, 5.74) is 0.106. The lowest BCUT2D eigenvalue weighted by atomic mass is 10.3. The van der Waals surface area contributed by atoms with Crippen LogP contribution in [0.2, 0.25) is 0 Å².